The fourth-order valence-corrected chi connectivity index (χ4v) is 2.79. The molecule has 6 heteroatoms. The Morgan fingerprint density at radius 1 is 1.12 bits per heavy atom. The van der Waals surface area contributed by atoms with E-state index >= 15 is 0 Å². The summed E-state index contributed by atoms with van der Waals surface area (Å²) in [5.41, 5.74) is 4.88. The molecule has 0 unspecified atom stereocenters. The van der Waals surface area contributed by atoms with Gasteiger partial charge in [-0.3, -0.25) is 0 Å². The van der Waals surface area contributed by atoms with Gasteiger partial charge < -0.3 is 20.5 Å². The summed E-state index contributed by atoms with van der Waals surface area (Å²) in [7, 11) is 3.96. The van der Waals surface area contributed by atoms with Gasteiger partial charge in [0, 0.05) is 25.5 Å². The van der Waals surface area contributed by atoms with Crippen LogP contribution in [0.3, 0.4) is 0 Å². The zero-order valence-electron chi connectivity index (χ0n) is 15.2. The van der Waals surface area contributed by atoms with Gasteiger partial charge in [-0.15, -0.1) is 0 Å². The second kappa shape index (κ2) is 7.74. The van der Waals surface area contributed by atoms with Crippen molar-refractivity contribution < 1.29 is 4.79 Å². The first-order valence-corrected chi connectivity index (χ1v) is 8.45. The number of aromatic nitrogens is 2. The Labute approximate surface area is 153 Å². The quantitative estimate of drug-likeness (QED) is 0.656. The summed E-state index contributed by atoms with van der Waals surface area (Å²) >= 11 is 0. The van der Waals surface area contributed by atoms with Gasteiger partial charge in [0.25, 0.3) is 0 Å². The first-order chi connectivity index (χ1) is 12.5. The lowest BCUT2D eigenvalue weighted by Gasteiger charge is -2.18. The number of carbonyl (C=O) groups excluding carboxylic acids is 1. The van der Waals surface area contributed by atoms with Crippen molar-refractivity contribution in [3.8, 4) is 11.3 Å². The summed E-state index contributed by atoms with van der Waals surface area (Å²) in [6.07, 6.45) is 1.77. The normalized spacial score (nSPS) is 10.4. The molecule has 0 atom stereocenters. The first-order valence-electron chi connectivity index (χ1n) is 8.45. The molecule has 0 aliphatic heterocycles. The van der Waals surface area contributed by atoms with E-state index in [1.807, 2.05) is 74.4 Å². The third kappa shape index (κ3) is 4.03. The fraction of sp³-hybridized carbons (Fsp3) is 0.200. The summed E-state index contributed by atoms with van der Waals surface area (Å²) < 4.78 is 0. The SMILES string of the molecule is Cc1c(NC(=O)NCc2ncc(-c3ccccc3)[nH]2)cccc1N(C)C. The zero-order valence-corrected chi connectivity index (χ0v) is 15.2. The Morgan fingerprint density at radius 2 is 1.88 bits per heavy atom. The molecule has 2 aromatic carbocycles. The van der Waals surface area contributed by atoms with Crippen LogP contribution in [-0.4, -0.2) is 30.1 Å². The molecular weight excluding hydrogens is 326 g/mol. The van der Waals surface area contributed by atoms with Crippen molar-refractivity contribution in [2.75, 3.05) is 24.3 Å². The van der Waals surface area contributed by atoms with Crippen LogP contribution in [0.5, 0.6) is 0 Å². The molecule has 2 amide bonds. The number of carbonyl (C=O) groups is 1. The summed E-state index contributed by atoms with van der Waals surface area (Å²) in [4.78, 5) is 21.8. The number of benzene rings is 2. The van der Waals surface area contributed by atoms with Crippen molar-refractivity contribution in [1.29, 1.82) is 0 Å². The number of urea groups is 1. The van der Waals surface area contributed by atoms with Crippen LogP contribution in [-0.2, 0) is 6.54 Å². The molecule has 1 aromatic heterocycles. The number of hydrogen-bond donors (Lipinski definition) is 3. The molecule has 0 aliphatic rings. The van der Waals surface area contributed by atoms with Crippen LogP contribution in [0.4, 0.5) is 16.2 Å². The van der Waals surface area contributed by atoms with E-state index in [0.717, 1.165) is 28.2 Å². The maximum atomic E-state index is 12.2. The standard InChI is InChI=1S/C20H23N5O/c1-14-16(10-7-11-18(14)25(2)3)24-20(26)22-13-19-21-12-17(23-19)15-8-5-4-6-9-15/h4-12H,13H2,1-3H3,(H,21,23)(H2,22,24,26). The predicted octanol–water partition coefficient (Wildman–Crippen LogP) is 3.77. The molecule has 0 radical (unpaired) electrons. The number of hydrogen-bond acceptors (Lipinski definition) is 3. The van der Waals surface area contributed by atoms with Crippen LogP contribution in [0.1, 0.15) is 11.4 Å². The fourth-order valence-electron chi connectivity index (χ4n) is 2.79. The van der Waals surface area contributed by atoms with Crippen LogP contribution in [0.15, 0.2) is 54.7 Å². The molecule has 0 fully saturated rings. The molecule has 0 aliphatic carbocycles. The number of nitrogens with zero attached hydrogens (tertiary/aromatic N) is 2. The number of rotatable bonds is 5. The summed E-state index contributed by atoms with van der Waals surface area (Å²) in [5.74, 6) is 0.706. The minimum absolute atomic E-state index is 0.262. The van der Waals surface area contributed by atoms with Crippen molar-refractivity contribution in [3.05, 3.63) is 66.1 Å². The van der Waals surface area contributed by atoms with Crippen molar-refractivity contribution >= 4 is 17.4 Å². The molecule has 3 rings (SSSR count). The van der Waals surface area contributed by atoms with E-state index in [1.54, 1.807) is 6.20 Å². The van der Waals surface area contributed by atoms with Gasteiger partial charge in [-0.1, -0.05) is 36.4 Å². The third-order valence-corrected chi connectivity index (χ3v) is 4.16. The smallest absolute Gasteiger partial charge is 0.319 e. The van der Waals surface area contributed by atoms with E-state index in [1.165, 1.54) is 0 Å². The van der Waals surface area contributed by atoms with Crippen LogP contribution in [0, 0.1) is 6.92 Å². The Hall–Kier alpha value is -3.28. The lowest BCUT2D eigenvalue weighted by atomic mass is 10.1. The highest BCUT2D eigenvalue weighted by Gasteiger charge is 2.09. The topological polar surface area (TPSA) is 73.0 Å². The van der Waals surface area contributed by atoms with Crippen molar-refractivity contribution in [1.82, 2.24) is 15.3 Å². The monoisotopic (exact) mass is 349 g/mol. The predicted molar refractivity (Wildman–Crippen MR) is 105 cm³/mol. The molecule has 26 heavy (non-hydrogen) atoms. The van der Waals surface area contributed by atoms with Gasteiger partial charge in [0.1, 0.15) is 5.82 Å². The number of anilines is 2. The van der Waals surface area contributed by atoms with E-state index in [4.69, 9.17) is 0 Å². The maximum Gasteiger partial charge on any atom is 0.319 e. The molecule has 0 saturated carbocycles. The third-order valence-electron chi connectivity index (χ3n) is 4.16. The van der Waals surface area contributed by atoms with Crippen molar-refractivity contribution in [2.45, 2.75) is 13.5 Å². The number of H-pyrrole nitrogens is 1. The molecule has 0 bridgehead atoms. The van der Waals surface area contributed by atoms with Gasteiger partial charge in [0.15, 0.2) is 0 Å². The number of imidazole rings is 1. The van der Waals surface area contributed by atoms with E-state index in [0.29, 0.717) is 12.4 Å². The van der Waals surface area contributed by atoms with Crippen LogP contribution < -0.4 is 15.5 Å². The summed E-state index contributed by atoms with van der Waals surface area (Å²) in [6.45, 7) is 2.31. The van der Waals surface area contributed by atoms with Gasteiger partial charge in [-0.25, -0.2) is 9.78 Å². The lowest BCUT2D eigenvalue weighted by molar-refractivity contribution is 0.251. The first kappa shape index (κ1) is 17.5. The van der Waals surface area contributed by atoms with Crippen LogP contribution >= 0.6 is 0 Å². The Kier molecular flexibility index (Phi) is 5.22. The van der Waals surface area contributed by atoms with Gasteiger partial charge >= 0.3 is 6.03 Å². The summed E-state index contributed by atoms with van der Waals surface area (Å²) in [5, 5.41) is 5.73. The largest absolute Gasteiger partial charge is 0.377 e. The highest BCUT2D eigenvalue weighted by molar-refractivity contribution is 5.91. The molecule has 6 nitrogen and oxygen atoms in total. The molecule has 3 aromatic rings. The highest BCUT2D eigenvalue weighted by atomic mass is 16.2. The van der Waals surface area contributed by atoms with Crippen LogP contribution in [0.2, 0.25) is 0 Å². The average Bonchev–Trinajstić information content (AvgIpc) is 3.11. The lowest BCUT2D eigenvalue weighted by Crippen LogP contribution is -2.29. The average molecular weight is 349 g/mol. The Bertz CT molecular complexity index is 886. The second-order valence-corrected chi connectivity index (χ2v) is 6.26. The van der Waals surface area contributed by atoms with Gasteiger partial charge in [0.2, 0.25) is 0 Å². The summed E-state index contributed by atoms with van der Waals surface area (Å²) in [6, 6.07) is 15.5. The molecule has 0 saturated heterocycles. The highest BCUT2D eigenvalue weighted by Crippen LogP contribution is 2.25. The molecule has 1 heterocycles. The van der Waals surface area contributed by atoms with Crippen molar-refractivity contribution in [3.63, 3.8) is 0 Å². The van der Waals surface area contributed by atoms with Gasteiger partial charge in [-0.2, -0.15) is 0 Å². The number of nitrogens with one attached hydrogen (secondary N) is 3. The van der Waals surface area contributed by atoms with E-state index in [9.17, 15) is 4.79 Å². The Balaban J connectivity index is 1.60. The molecule has 3 N–H and O–H groups in total. The van der Waals surface area contributed by atoms with Crippen molar-refractivity contribution in [2.24, 2.45) is 0 Å². The van der Waals surface area contributed by atoms with E-state index in [-0.39, 0.29) is 6.03 Å². The number of aromatic amines is 1. The zero-order chi connectivity index (χ0) is 18.5. The minimum atomic E-state index is -0.262. The van der Waals surface area contributed by atoms with Crippen LogP contribution in [0.25, 0.3) is 11.3 Å². The van der Waals surface area contributed by atoms with E-state index in [2.05, 4.69) is 20.6 Å². The molecular formula is C20H23N5O. The van der Waals surface area contributed by atoms with Gasteiger partial charge in [-0.05, 0) is 30.2 Å². The number of amides is 2. The molecule has 134 valence electrons. The minimum Gasteiger partial charge on any atom is -0.377 e. The van der Waals surface area contributed by atoms with Gasteiger partial charge in [0.05, 0.1) is 18.4 Å². The maximum absolute atomic E-state index is 12.2. The second-order valence-electron chi connectivity index (χ2n) is 6.26. The molecule has 0 spiro atoms. The Morgan fingerprint density at radius 3 is 2.62 bits per heavy atom. The van der Waals surface area contributed by atoms with E-state index < -0.39 is 0 Å².